The minimum Gasteiger partial charge on any atom is -0.336 e. The average molecular weight is 416 g/mol. The number of aromatic nitrogens is 4. The van der Waals surface area contributed by atoms with Crippen molar-refractivity contribution in [3.05, 3.63) is 54.0 Å². The third kappa shape index (κ3) is 4.72. The zero-order valence-electron chi connectivity index (χ0n) is 17.8. The van der Waals surface area contributed by atoms with Gasteiger partial charge in [0.1, 0.15) is 6.04 Å². The van der Waals surface area contributed by atoms with Gasteiger partial charge in [-0.3, -0.25) is 9.48 Å². The van der Waals surface area contributed by atoms with E-state index in [0.717, 1.165) is 22.5 Å². The van der Waals surface area contributed by atoms with E-state index < -0.39 is 6.04 Å². The lowest BCUT2D eigenvalue weighted by Crippen LogP contribution is -2.37. The number of carbonyl (C=O) groups excluding carboxylic acids is 1. The highest BCUT2D eigenvalue weighted by atomic mass is 16.1. The Morgan fingerprint density at radius 3 is 2.61 bits per heavy atom. The summed E-state index contributed by atoms with van der Waals surface area (Å²) in [6.45, 7) is 5.75. The number of hydrogen-bond acceptors (Lipinski definition) is 6. The van der Waals surface area contributed by atoms with Crippen LogP contribution >= 0.6 is 0 Å². The van der Waals surface area contributed by atoms with Crippen LogP contribution in [-0.2, 0) is 0 Å². The number of rotatable bonds is 7. The Labute approximate surface area is 181 Å². The zero-order chi connectivity index (χ0) is 22.0. The molecule has 31 heavy (non-hydrogen) atoms. The van der Waals surface area contributed by atoms with E-state index in [1.165, 1.54) is 12.8 Å². The predicted octanol–water partition coefficient (Wildman–Crippen LogP) is 4.01. The number of amides is 1. The fourth-order valence-corrected chi connectivity index (χ4v) is 3.22. The van der Waals surface area contributed by atoms with Crippen molar-refractivity contribution in [3.8, 4) is 17.3 Å². The second kappa shape index (κ2) is 8.56. The summed E-state index contributed by atoms with van der Waals surface area (Å²) in [7, 11) is 0. The number of aryl methyl sites for hydroxylation is 1. The van der Waals surface area contributed by atoms with Gasteiger partial charge in [-0.25, -0.2) is 9.97 Å². The molecule has 2 N–H and O–H groups in total. The van der Waals surface area contributed by atoms with Crippen LogP contribution in [-0.4, -0.2) is 31.7 Å². The normalized spacial score (nSPS) is 14.2. The average Bonchev–Trinajstić information content (AvgIpc) is 3.52. The number of nitriles is 1. The third-order valence-electron chi connectivity index (χ3n) is 5.26. The first-order valence-electron chi connectivity index (χ1n) is 10.4. The molecule has 3 aromatic rings. The zero-order valence-corrected chi connectivity index (χ0v) is 17.8. The van der Waals surface area contributed by atoms with Crippen molar-refractivity contribution in [2.75, 3.05) is 5.32 Å². The molecule has 0 spiro atoms. The standard InChI is InChI=1S/C23H25N7O/c1-14(2)20(10-24)28-22(31)17-6-4-16(5-7-17)21-15(3)11-25-23(29-21)27-18-12-26-30(13-18)19-8-9-19/h4-7,11-14,19-20H,8-9H2,1-3H3,(H,28,31)(H,25,27,29)/t20-/m1/s1. The molecule has 1 amide bonds. The summed E-state index contributed by atoms with van der Waals surface area (Å²) < 4.78 is 1.97. The molecule has 4 rings (SSSR count). The highest BCUT2D eigenvalue weighted by molar-refractivity contribution is 5.95. The van der Waals surface area contributed by atoms with Crippen molar-refractivity contribution in [2.45, 2.75) is 45.7 Å². The fraction of sp³-hybridized carbons (Fsp3) is 0.348. The SMILES string of the molecule is Cc1cnc(Nc2cnn(C3CC3)c2)nc1-c1ccc(C(=O)N[C@H](C#N)C(C)C)cc1. The maximum absolute atomic E-state index is 12.4. The second-order valence-electron chi connectivity index (χ2n) is 8.19. The van der Waals surface area contributed by atoms with Crippen LogP contribution in [0.2, 0.25) is 0 Å². The predicted molar refractivity (Wildman–Crippen MR) is 118 cm³/mol. The summed E-state index contributed by atoms with van der Waals surface area (Å²) in [4.78, 5) is 21.5. The quantitative estimate of drug-likeness (QED) is 0.604. The molecule has 1 aromatic carbocycles. The van der Waals surface area contributed by atoms with Gasteiger partial charge in [-0.15, -0.1) is 0 Å². The van der Waals surface area contributed by atoms with E-state index in [4.69, 9.17) is 0 Å². The van der Waals surface area contributed by atoms with E-state index in [0.29, 0.717) is 17.6 Å². The molecule has 1 saturated carbocycles. The highest BCUT2D eigenvalue weighted by Crippen LogP contribution is 2.34. The molecule has 0 unspecified atom stereocenters. The third-order valence-corrected chi connectivity index (χ3v) is 5.26. The summed E-state index contributed by atoms with van der Waals surface area (Å²) in [5.74, 6) is 0.270. The van der Waals surface area contributed by atoms with E-state index in [2.05, 4.69) is 31.8 Å². The fourth-order valence-electron chi connectivity index (χ4n) is 3.22. The van der Waals surface area contributed by atoms with Crippen LogP contribution in [0.1, 0.15) is 48.7 Å². The lowest BCUT2D eigenvalue weighted by molar-refractivity contribution is 0.0937. The van der Waals surface area contributed by atoms with Crippen LogP contribution in [0.3, 0.4) is 0 Å². The van der Waals surface area contributed by atoms with Crippen LogP contribution in [0.4, 0.5) is 11.6 Å². The van der Waals surface area contributed by atoms with Gasteiger partial charge in [0.25, 0.3) is 5.91 Å². The first kappa shape index (κ1) is 20.5. The molecular formula is C23H25N7O. The second-order valence-corrected chi connectivity index (χ2v) is 8.19. The van der Waals surface area contributed by atoms with Gasteiger partial charge in [0.2, 0.25) is 5.95 Å². The topological polar surface area (TPSA) is 109 Å². The number of hydrogen-bond donors (Lipinski definition) is 2. The van der Waals surface area contributed by atoms with Crippen molar-refractivity contribution in [1.82, 2.24) is 25.1 Å². The number of anilines is 2. The molecule has 0 saturated heterocycles. The maximum atomic E-state index is 12.4. The Balaban J connectivity index is 1.50. The van der Waals surface area contributed by atoms with Crippen LogP contribution < -0.4 is 10.6 Å². The van der Waals surface area contributed by atoms with Crippen LogP contribution in [0, 0.1) is 24.2 Å². The molecule has 158 valence electrons. The van der Waals surface area contributed by atoms with E-state index in [-0.39, 0.29) is 11.8 Å². The van der Waals surface area contributed by atoms with Crippen molar-refractivity contribution in [1.29, 1.82) is 5.26 Å². The van der Waals surface area contributed by atoms with Gasteiger partial charge in [0.15, 0.2) is 0 Å². The van der Waals surface area contributed by atoms with E-state index >= 15 is 0 Å². The minimum atomic E-state index is -0.519. The van der Waals surface area contributed by atoms with Gasteiger partial charge in [0.05, 0.1) is 29.7 Å². The van der Waals surface area contributed by atoms with Gasteiger partial charge < -0.3 is 10.6 Å². The van der Waals surface area contributed by atoms with Gasteiger partial charge in [-0.2, -0.15) is 10.4 Å². The molecule has 0 bridgehead atoms. The molecular weight excluding hydrogens is 390 g/mol. The minimum absolute atomic E-state index is 0.0409. The number of nitrogens with one attached hydrogen (secondary N) is 2. The highest BCUT2D eigenvalue weighted by Gasteiger charge is 2.24. The molecule has 0 aliphatic heterocycles. The Kier molecular flexibility index (Phi) is 5.67. The summed E-state index contributed by atoms with van der Waals surface area (Å²) >= 11 is 0. The van der Waals surface area contributed by atoms with Crippen LogP contribution in [0.25, 0.3) is 11.3 Å². The van der Waals surface area contributed by atoms with Crippen LogP contribution in [0.5, 0.6) is 0 Å². The molecule has 8 heteroatoms. The summed E-state index contributed by atoms with van der Waals surface area (Å²) in [5, 5.41) is 19.5. The largest absolute Gasteiger partial charge is 0.336 e. The molecule has 1 aliphatic carbocycles. The van der Waals surface area contributed by atoms with Gasteiger partial charge in [-0.1, -0.05) is 26.0 Å². The molecule has 2 heterocycles. The lowest BCUT2D eigenvalue weighted by atomic mass is 10.0. The Morgan fingerprint density at radius 1 is 1.23 bits per heavy atom. The first-order valence-corrected chi connectivity index (χ1v) is 10.4. The first-order chi connectivity index (χ1) is 14.9. The summed E-state index contributed by atoms with van der Waals surface area (Å²) in [5.41, 5.74) is 3.96. The van der Waals surface area contributed by atoms with Crippen molar-refractivity contribution < 1.29 is 4.79 Å². The van der Waals surface area contributed by atoms with E-state index in [1.54, 1.807) is 24.5 Å². The Hall–Kier alpha value is -3.73. The number of nitrogens with zero attached hydrogens (tertiary/aromatic N) is 5. The molecule has 1 atom stereocenters. The van der Waals surface area contributed by atoms with Crippen LogP contribution in [0.15, 0.2) is 42.9 Å². The summed E-state index contributed by atoms with van der Waals surface area (Å²) in [6, 6.07) is 9.32. The van der Waals surface area contributed by atoms with E-state index in [1.807, 2.05) is 43.8 Å². The number of carbonyl (C=O) groups is 1. The monoisotopic (exact) mass is 415 g/mol. The maximum Gasteiger partial charge on any atom is 0.252 e. The van der Waals surface area contributed by atoms with Gasteiger partial charge >= 0.3 is 0 Å². The van der Waals surface area contributed by atoms with E-state index in [9.17, 15) is 10.1 Å². The molecule has 0 radical (unpaired) electrons. The Morgan fingerprint density at radius 2 is 1.97 bits per heavy atom. The van der Waals surface area contributed by atoms with Crippen molar-refractivity contribution in [2.24, 2.45) is 5.92 Å². The lowest BCUT2D eigenvalue weighted by Gasteiger charge is -2.15. The molecule has 1 aliphatic rings. The van der Waals surface area contributed by atoms with Gasteiger partial charge in [0, 0.05) is 23.5 Å². The van der Waals surface area contributed by atoms with Gasteiger partial charge in [-0.05, 0) is 43.4 Å². The number of benzene rings is 1. The Bertz CT molecular complexity index is 1120. The van der Waals surface area contributed by atoms with Crippen molar-refractivity contribution >= 4 is 17.5 Å². The smallest absolute Gasteiger partial charge is 0.252 e. The van der Waals surface area contributed by atoms with Crippen molar-refractivity contribution in [3.63, 3.8) is 0 Å². The summed E-state index contributed by atoms with van der Waals surface area (Å²) in [6.07, 6.45) is 7.88. The molecule has 1 fully saturated rings. The molecule has 8 nitrogen and oxygen atoms in total. The molecule has 2 aromatic heterocycles.